The Balaban J connectivity index is 2.29. The third-order valence-electron chi connectivity index (χ3n) is 3.99. The molecule has 0 spiro atoms. The molecule has 1 heterocycles. The van der Waals surface area contributed by atoms with Gasteiger partial charge in [0.2, 0.25) is 0 Å². The van der Waals surface area contributed by atoms with Crippen LogP contribution in [0, 0.1) is 16.0 Å². The number of nitro groups is 1. The highest BCUT2D eigenvalue weighted by molar-refractivity contribution is 5.95. The Morgan fingerprint density at radius 1 is 1.41 bits per heavy atom. The molecule has 2 N–H and O–H groups in total. The first-order chi connectivity index (χ1) is 10.3. The number of carboxylic acids is 1. The van der Waals surface area contributed by atoms with Crippen molar-refractivity contribution in [1.82, 2.24) is 4.90 Å². The fraction of sp³-hybridized carbons (Fsp3) is 0.429. The number of carbonyl (C=O) groups is 2. The fourth-order valence-electron chi connectivity index (χ4n) is 2.73. The van der Waals surface area contributed by atoms with Gasteiger partial charge in [-0.05, 0) is 31.9 Å². The van der Waals surface area contributed by atoms with E-state index >= 15 is 0 Å². The molecule has 1 aliphatic heterocycles. The number of phenols is 1. The molecule has 1 aromatic carbocycles. The molecule has 2 atom stereocenters. The number of likely N-dealkylation sites (tertiary alicyclic amines) is 1. The molecule has 0 unspecified atom stereocenters. The minimum absolute atomic E-state index is 0.0578. The van der Waals surface area contributed by atoms with Gasteiger partial charge in [0.1, 0.15) is 0 Å². The van der Waals surface area contributed by atoms with Gasteiger partial charge in [-0.2, -0.15) is 0 Å². The smallest absolute Gasteiger partial charge is 0.311 e. The minimum atomic E-state index is -0.957. The second-order valence-corrected chi connectivity index (χ2v) is 5.29. The summed E-state index contributed by atoms with van der Waals surface area (Å²) < 4.78 is 0. The van der Waals surface area contributed by atoms with Crippen LogP contribution in [-0.4, -0.2) is 44.5 Å². The molecule has 22 heavy (non-hydrogen) atoms. The van der Waals surface area contributed by atoms with Crippen LogP contribution < -0.4 is 0 Å². The van der Waals surface area contributed by atoms with Gasteiger partial charge in [-0.15, -0.1) is 0 Å². The number of phenolic OH excluding ortho intramolecular Hbond substituents is 1. The summed E-state index contributed by atoms with van der Waals surface area (Å²) in [6.07, 6.45) is 1.06. The third-order valence-corrected chi connectivity index (χ3v) is 3.99. The molecule has 1 saturated heterocycles. The zero-order valence-corrected chi connectivity index (χ0v) is 11.9. The molecular formula is C14H16N2O6. The minimum Gasteiger partial charge on any atom is -0.502 e. The molecule has 0 aliphatic carbocycles. The van der Waals surface area contributed by atoms with Crippen LogP contribution >= 0.6 is 0 Å². The van der Waals surface area contributed by atoms with Gasteiger partial charge in [0.15, 0.2) is 5.75 Å². The average Bonchev–Trinajstić information content (AvgIpc) is 2.46. The van der Waals surface area contributed by atoms with Crippen molar-refractivity contribution in [1.29, 1.82) is 0 Å². The summed E-state index contributed by atoms with van der Waals surface area (Å²) in [5.74, 6) is -2.59. The number of nitro benzene ring substituents is 1. The molecule has 1 fully saturated rings. The molecule has 0 aromatic heterocycles. The molecular weight excluding hydrogens is 292 g/mol. The number of nitrogens with zero attached hydrogens (tertiary/aromatic N) is 2. The van der Waals surface area contributed by atoms with Crippen LogP contribution in [0.3, 0.4) is 0 Å². The number of piperidine rings is 1. The lowest BCUT2D eigenvalue weighted by Gasteiger charge is -2.37. The predicted molar refractivity (Wildman–Crippen MR) is 75.6 cm³/mol. The van der Waals surface area contributed by atoms with Crippen LogP contribution in [0.4, 0.5) is 5.69 Å². The largest absolute Gasteiger partial charge is 0.502 e. The Morgan fingerprint density at radius 3 is 2.68 bits per heavy atom. The van der Waals surface area contributed by atoms with E-state index in [1.165, 1.54) is 11.0 Å². The van der Waals surface area contributed by atoms with Gasteiger partial charge in [-0.1, -0.05) is 0 Å². The summed E-state index contributed by atoms with van der Waals surface area (Å²) in [6.45, 7) is 2.06. The van der Waals surface area contributed by atoms with E-state index in [4.69, 9.17) is 0 Å². The second-order valence-electron chi connectivity index (χ2n) is 5.29. The summed E-state index contributed by atoms with van der Waals surface area (Å²) in [7, 11) is 0. The average molecular weight is 308 g/mol. The van der Waals surface area contributed by atoms with Crippen LogP contribution in [0.25, 0.3) is 0 Å². The lowest BCUT2D eigenvalue weighted by atomic mass is 9.90. The van der Waals surface area contributed by atoms with E-state index in [-0.39, 0.29) is 5.56 Å². The number of benzene rings is 1. The van der Waals surface area contributed by atoms with Gasteiger partial charge in [0.05, 0.1) is 10.8 Å². The molecule has 1 aromatic rings. The Labute approximate surface area is 126 Å². The number of rotatable bonds is 3. The highest BCUT2D eigenvalue weighted by Crippen LogP contribution is 2.29. The van der Waals surface area contributed by atoms with Gasteiger partial charge < -0.3 is 15.1 Å². The van der Waals surface area contributed by atoms with Crippen molar-refractivity contribution in [2.24, 2.45) is 5.92 Å². The maximum absolute atomic E-state index is 12.5. The summed E-state index contributed by atoms with van der Waals surface area (Å²) in [5.41, 5.74) is -0.493. The van der Waals surface area contributed by atoms with E-state index in [0.717, 1.165) is 12.1 Å². The first kappa shape index (κ1) is 15.7. The number of amides is 1. The predicted octanol–water partition coefficient (Wildman–Crippen LogP) is 1.63. The molecule has 0 saturated carbocycles. The van der Waals surface area contributed by atoms with Crippen molar-refractivity contribution in [3.63, 3.8) is 0 Å². The molecule has 118 valence electrons. The first-order valence-corrected chi connectivity index (χ1v) is 6.84. The molecule has 0 bridgehead atoms. The number of carbonyl (C=O) groups excluding carboxylic acids is 1. The van der Waals surface area contributed by atoms with Gasteiger partial charge in [-0.25, -0.2) is 0 Å². The lowest BCUT2D eigenvalue weighted by Crippen LogP contribution is -2.49. The maximum Gasteiger partial charge on any atom is 0.311 e. The van der Waals surface area contributed by atoms with Crippen LogP contribution in [0.5, 0.6) is 5.75 Å². The molecule has 1 aliphatic rings. The van der Waals surface area contributed by atoms with Gasteiger partial charge >= 0.3 is 11.7 Å². The van der Waals surface area contributed by atoms with Crippen molar-refractivity contribution in [3.05, 3.63) is 33.9 Å². The number of aromatic hydroxyl groups is 1. The van der Waals surface area contributed by atoms with Crippen molar-refractivity contribution >= 4 is 17.6 Å². The van der Waals surface area contributed by atoms with Crippen LogP contribution in [0.15, 0.2) is 18.2 Å². The van der Waals surface area contributed by atoms with Crippen LogP contribution in [0.1, 0.15) is 30.1 Å². The fourth-order valence-corrected chi connectivity index (χ4v) is 2.73. The maximum atomic E-state index is 12.5. The number of aliphatic carboxylic acids is 1. The summed E-state index contributed by atoms with van der Waals surface area (Å²) >= 11 is 0. The second kappa shape index (κ2) is 6.00. The van der Waals surface area contributed by atoms with Gasteiger partial charge in [-0.3, -0.25) is 19.7 Å². The van der Waals surface area contributed by atoms with E-state index in [0.29, 0.717) is 19.4 Å². The Hall–Kier alpha value is -2.64. The Kier molecular flexibility index (Phi) is 4.30. The number of hydrogen-bond donors (Lipinski definition) is 2. The molecule has 2 rings (SSSR count). The number of hydrogen-bond acceptors (Lipinski definition) is 5. The van der Waals surface area contributed by atoms with E-state index in [2.05, 4.69) is 0 Å². The van der Waals surface area contributed by atoms with Crippen molar-refractivity contribution in [3.8, 4) is 5.75 Å². The van der Waals surface area contributed by atoms with E-state index in [9.17, 15) is 29.9 Å². The number of carboxylic acid groups (broad SMARTS) is 1. The van der Waals surface area contributed by atoms with E-state index in [1.807, 2.05) is 0 Å². The van der Waals surface area contributed by atoms with Crippen molar-refractivity contribution in [2.75, 3.05) is 6.54 Å². The highest BCUT2D eigenvalue weighted by Gasteiger charge is 2.36. The lowest BCUT2D eigenvalue weighted by molar-refractivity contribution is -0.385. The molecule has 0 radical (unpaired) electrons. The van der Waals surface area contributed by atoms with Crippen molar-refractivity contribution in [2.45, 2.75) is 25.8 Å². The third kappa shape index (κ3) is 2.85. The standard InChI is InChI=1S/C14H16N2O6/c1-8-10(14(19)20)3-2-6-15(8)13(18)9-4-5-12(17)11(7-9)16(21)22/h4-5,7-8,10,17H,2-3,6H2,1H3,(H,19,20)/t8-,10-/m1/s1. The SMILES string of the molecule is C[C@@H]1[C@H](C(=O)O)CCCN1C(=O)c1ccc(O)c([N+](=O)[O-])c1. The molecule has 1 amide bonds. The molecule has 8 heteroatoms. The highest BCUT2D eigenvalue weighted by atomic mass is 16.6. The van der Waals surface area contributed by atoms with Gasteiger partial charge in [0.25, 0.3) is 5.91 Å². The van der Waals surface area contributed by atoms with Crippen molar-refractivity contribution < 1.29 is 24.7 Å². The Bertz CT molecular complexity index is 630. The van der Waals surface area contributed by atoms with Crippen LogP contribution in [-0.2, 0) is 4.79 Å². The monoisotopic (exact) mass is 308 g/mol. The zero-order chi connectivity index (χ0) is 16.4. The topological polar surface area (TPSA) is 121 Å². The normalized spacial score (nSPS) is 21.4. The molecule has 8 nitrogen and oxygen atoms in total. The van der Waals surface area contributed by atoms with E-state index in [1.54, 1.807) is 6.92 Å². The van der Waals surface area contributed by atoms with E-state index < -0.39 is 40.2 Å². The summed E-state index contributed by atoms with van der Waals surface area (Å²) in [6, 6.07) is 2.90. The van der Waals surface area contributed by atoms with Gasteiger partial charge in [0, 0.05) is 24.2 Å². The summed E-state index contributed by atoms with van der Waals surface area (Å²) in [5, 5.41) is 29.4. The van der Waals surface area contributed by atoms with Crippen LogP contribution in [0.2, 0.25) is 0 Å². The Morgan fingerprint density at radius 2 is 2.09 bits per heavy atom. The first-order valence-electron chi connectivity index (χ1n) is 6.84. The quantitative estimate of drug-likeness (QED) is 0.646. The summed E-state index contributed by atoms with van der Waals surface area (Å²) in [4.78, 5) is 35.2. The zero-order valence-electron chi connectivity index (χ0n) is 11.9.